The summed E-state index contributed by atoms with van der Waals surface area (Å²) in [5, 5.41) is -0.856. The van der Waals surface area contributed by atoms with Crippen molar-refractivity contribution in [3.05, 3.63) is 62.5 Å². The van der Waals surface area contributed by atoms with Gasteiger partial charge in [-0.1, -0.05) is 40.9 Å². The average Bonchev–Trinajstić information content (AvgIpc) is 2.98. The quantitative estimate of drug-likeness (QED) is 0.289. The van der Waals surface area contributed by atoms with Crippen molar-refractivity contribution in [2.45, 2.75) is 18.7 Å². The Morgan fingerprint density at radius 3 is 2.30 bits per heavy atom. The molecule has 2 amide bonds. The Kier molecular flexibility index (Phi) is 7.73. The Hall–Kier alpha value is -2.53. The van der Waals surface area contributed by atoms with Crippen LogP contribution in [0.4, 0.5) is 4.79 Å². The standard InChI is InChI=1S/C21H17Cl2NO7S2/c1-3-30-18(25)11-24-20(26)17(32-21(24)27)10-13-8-15(22)19(16(23)9-13)31-33(28,29)14-6-4-12(2)5-7-14/h4-10H,3,11H2,1-2H3/b17-10-. The van der Waals surface area contributed by atoms with Crippen molar-refractivity contribution >= 4 is 68.3 Å². The summed E-state index contributed by atoms with van der Waals surface area (Å²) in [4.78, 5) is 37.0. The van der Waals surface area contributed by atoms with Crippen LogP contribution in [0.15, 0.2) is 46.2 Å². The van der Waals surface area contributed by atoms with Crippen molar-refractivity contribution in [1.82, 2.24) is 4.90 Å². The lowest BCUT2D eigenvalue weighted by Gasteiger charge is -2.12. The number of carbonyl (C=O) groups is 3. The van der Waals surface area contributed by atoms with Crippen molar-refractivity contribution in [1.29, 1.82) is 0 Å². The molecule has 1 aliphatic heterocycles. The smallest absolute Gasteiger partial charge is 0.339 e. The van der Waals surface area contributed by atoms with E-state index in [9.17, 15) is 22.8 Å². The maximum atomic E-state index is 12.6. The Bertz CT molecular complexity index is 1230. The highest BCUT2D eigenvalue weighted by atomic mass is 35.5. The van der Waals surface area contributed by atoms with E-state index in [4.69, 9.17) is 32.1 Å². The highest BCUT2D eigenvalue weighted by Gasteiger charge is 2.36. The molecule has 2 aromatic rings. The summed E-state index contributed by atoms with van der Waals surface area (Å²) in [6.45, 7) is 3.05. The van der Waals surface area contributed by atoms with Gasteiger partial charge in [0.15, 0.2) is 5.75 Å². The Balaban J connectivity index is 1.84. The number of hydrogen-bond acceptors (Lipinski definition) is 8. The van der Waals surface area contributed by atoms with Crippen LogP contribution in [0, 0.1) is 6.92 Å². The summed E-state index contributed by atoms with van der Waals surface area (Å²) in [6.07, 6.45) is 1.35. The van der Waals surface area contributed by atoms with Crippen LogP contribution in [0.25, 0.3) is 6.08 Å². The zero-order valence-corrected chi connectivity index (χ0v) is 20.5. The van der Waals surface area contributed by atoms with Crippen molar-refractivity contribution in [3.63, 3.8) is 0 Å². The van der Waals surface area contributed by atoms with Gasteiger partial charge in [0.05, 0.1) is 21.6 Å². The number of thioether (sulfide) groups is 1. The number of benzene rings is 2. The van der Waals surface area contributed by atoms with E-state index < -0.39 is 33.8 Å². The first-order valence-electron chi connectivity index (χ1n) is 9.43. The normalized spacial score (nSPS) is 15.3. The minimum absolute atomic E-state index is 0.0392. The fourth-order valence-corrected chi connectivity index (χ4v) is 5.20. The predicted molar refractivity (Wildman–Crippen MR) is 125 cm³/mol. The summed E-state index contributed by atoms with van der Waals surface area (Å²) >= 11 is 13.0. The molecule has 2 aromatic carbocycles. The summed E-state index contributed by atoms with van der Waals surface area (Å²) in [7, 11) is -4.19. The molecular weight excluding hydrogens is 513 g/mol. The van der Waals surface area contributed by atoms with Gasteiger partial charge in [-0.2, -0.15) is 8.42 Å². The molecule has 3 rings (SSSR count). The van der Waals surface area contributed by atoms with Crippen molar-refractivity contribution in [2.75, 3.05) is 13.2 Å². The third-order valence-electron chi connectivity index (χ3n) is 4.29. The molecule has 8 nitrogen and oxygen atoms in total. The van der Waals surface area contributed by atoms with Crippen LogP contribution in [0.1, 0.15) is 18.1 Å². The molecule has 0 unspecified atom stereocenters. The van der Waals surface area contributed by atoms with Gasteiger partial charge in [0.25, 0.3) is 11.1 Å². The third kappa shape index (κ3) is 5.89. The van der Waals surface area contributed by atoms with Crippen LogP contribution < -0.4 is 4.18 Å². The van der Waals surface area contributed by atoms with Gasteiger partial charge in [-0.15, -0.1) is 0 Å². The average molecular weight is 530 g/mol. The molecule has 0 aromatic heterocycles. The largest absolute Gasteiger partial charge is 0.465 e. The SMILES string of the molecule is CCOC(=O)CN1C(=O)S/C(=C\c2cc(Cl)c(OS(=O)(=O)c3ccc(C)cc3)c(Cl)c2)C1=O. The predicted octanol–water partition coefficient (Wildman–Crippen LogP) is 4.67. The first-order chi connectivity index (χ1) is 15.5. The Morgan fingerprint density at radius 2 is 1.73 bits per heavy atom. The van der Waals surface area contributed by atoms with Crippen molar-refractivity contribution in [2.24, 2.45) is 0 Å². The molecule has 0 bridgehead atoms. The fraction of sp³-hybridized carbons (Fsp3) is 0.190. The number of aryl methyl sites for hydroxylation is 1. The van der Waals surface area contributed by atoms with E-state index in [-0.39, 0.29) is 32.2 Å². The van der Waals surface area contributed by atoms with Crippen LogP contribution in [-0.2, 0) is 24.4 Å². The van der Waals surface area contributed by atoms with Gasteiger partial charge in [0.2, 0.25) is 0 Å². The summed E-state index contributed by atoms with van der Waals surface area (Å²) in [6, 6.07) is 8.72. The van der Waals surface area contributed by atoms with E-state index in [0.717, 1.165) is 10.5 Å². The first kappa shape index (κ1) is 25.1. The Labute approximate surface area is 204 Å². The van der Waals surface area contributed by atoms with Gasteiger partial charge >= 0.3 is 16.1 Å². The lowest BCUT2D eigenvalue weighted by Crippen LogP contribution is -2.34. The third-order valence-corrected chi connectivity index (χ3v) is 6.99. The molecule has 1 heterocycles. The second kappa shape index (κ2) is 10.2. The summed E-state index contributed by atoms with van der Waals surface area (Å²) in [5.74, 6) is -1.65. The molecule has 1 fully saturated rings. The second-order valence-corrected chi connectivity index (χ2v) is 10.1. The van der Waals surface area contributed by atoms with Crippen LogP contribution in [0.5, 0.6) is 5.75 Å². The van der Waals surface area contributed by atoms with E-state index >= 15 is 0 Å². The maximum absolute atomic E-state index is 12.6. The molecule has 0 saturated carbocycles. The van der Waals surface area contributed by atoms with E-state index in [0.29, 0.717) is 17.3 Å². The molecule has 0 aliphatic carbocycles. The zero-order chi connectivity index (χ0) is 24.3. The Morgan fingerprint density at radius 1 is 1.12 bits per heavy atom. The molecule has 0 spiro atoms. The fourth-order valence-electron chi connectivity index (χ4n) is 2.73. The summed E-state index contributed by atoms with van der Waals surface area (Å²) < 4.78 is 35.0. The molecule has 0 N–H and O–H groups in total. The lowest BCUT2D eigenvalue weighted by molar-refractivity contribution is -0.145. The monoisotopic (exact) mass is 529 g/mol. The number of ether oxygens (including phenoxy) is 1. The maximum Gasteiger partial charge on any atom is 0.339 e. The minimum Gasteiger partial charge on any atom is -0.465 e. The van der Waals surface area contributed by atoms with Gasteiger partial charge in [-0.05, 0) is 61.5 Å². The highest BCUT2D eigenvalue weighted by Crippen LogP contribution is 2.38. The van der Waals surface area contributed by atoms with E-state index in [1.807, 2.05) is 6.92 Å². The van der Waals surface area contributed by atoms with Gasteiger partial charge in [-0.25, -0.2) is 0 Å². The number of rotatable bonds is 7. The van der Waals surface area contributed by atoms with Gasteiger partial charge in [0, 0.05) is 0 Å². The molecule has 0 atom stereocenters. The van der Waals surface area contributed by atoms with Crippen molar-refractivity contribution in [3.8, 4) is 5.75 Å². The molecule has 0 radical (unpaired) electrons. The number of halogens is 2. The number of carbonyl (C=O) groups excluding carboxylic acids is 3. The molecule has 33 heavy (non-hydrogen) atoms. The molecule has 174 valence electrons. The number of imide groups is 1. The van der Waals surface area contributed by atoms with Gasteiger partial charge in [-0.3, -0.25) is 19.3 Å². The number of nitrogens with zero attached hydrogens (tertiary/aromatic N) is 1. The molecule has 12 heteroatoms. The number of esters is 1. The molecule has 1 saturated heterocycles. The minimum atomic E-state index is -4.19. The number of amides is 2. The van der Waals surface area contributed by atoms with E-state index in [1.54, 1.807) is 19.1 Å². The van der Waals surface area contributed by atoms with Gasteiger partial charge < -0.3 is 8.92 Å². The van der Waals surface area contributed by atoms with Crippen LogP contribution in [0.3, 0.4) is 0 Å². The van der Waals surface area contributed by atoms with Crippen LogP contribution >= 0.6 is 35.0 Å². The highest BCUT2D eigenvalue weighted by molar-refractivity contribution is 8.18. The molecular formula is C21H17Cl2NO7S2. The lowest BCUT2D eigenvalue weighted by atomic mass is 10.2. The topological polar surface area (TPSA) is 107 Å². The van der Waals surface area contributed by atoms with Crippen molar-refractivity contribution < 1.29 is 31.7 Å². The second-order valence-electron chi connectivity index (χ2n) is 6.74. The van der Waals surface area contributed by atoms with E-state index in [1.165, 1.54) is 30.3 Å². The zero-order valence-electron chi connectivity index (χ0n) is 17.3. The number of hydrogen-bond donors (Lipinski definition) is 0. The van der Waals surface area contributed by atoms with E-state index in [2.05, 4.69) is 0 Å². The first-order valence-corrected chi connectivity index (χ1v) is 12.4. The summed E-state index contributed by atoms with van der Waals surface area (Å²) in [5.41, 5.74) is 1.20. The van der Waals surface area contributed by atoms with Crippen LogP contribution in [0.2, 0.25) is 10.0 Å². The van der Waals surface area contributed by atoms with Gasteiger partial charge in [0.1, 0.15) is 11.4 Å². The molecule has 1 aliphatic rings. The van der Waals surface area contributed by atoms with Crippen LogP contribution in [-0.4, -0.2) is 43.6 Å².